The average Bonchev–Trinajstić information content (AvgIpc) is 2.90. The first kappa shape index (κ1) is 22.9. The van der Waals surface area contributed by atoms with Gasteiger partial charge in [-0.05, 0) is 39.0 Å². The Hall–Kier alpha value is -2.39. The number of carbonyl (C=O) groups is 1. The third kappa shape index (κ3) is 4.97. The van der Waals surface area contributed by atoms with Crippen LogP contribution < -0.4 is 10.6 Å². The van der Waals surface area contributed by atoms with Crippen molar-refractivity contribution in [2.24, 2.45) is 7.05 Å². The highest BCUT2D eigenvalue weighted by molar-refractivity contribution is 7.89. The third-order valence-corrected chi connectivity index (χ3v) is 7.02. The third-order valence-electron chi connectivity index (χ3n) is 4.97. The van der Waals surface area contributed by atoms with Crippen molar-refractivity contribution in [2.45, 2.75) is 45.9 Å². The molecule has 8 nitrogen and oxygen atoms in total. The molecule has 0 bridgehead atoms. The van der Waals surface area contributed by atoms with Gasteiger partial charge in [0, 0.05) is 37.9 Å². The van der Waals surface area contributed by atoms with Crippen molar-refractivity contribution in [3.8, 4) is 0 Å². The van der Waals surface area contributed by atoms with E-state index in [-0.39, 0.29) is 17.2 Å². The number of hydrogen-bond acceptors (Lipinski definition) is 5. The van der Waals surface area contributed by atoms with Crippen LogP contribution in [0.15, 0.2) is 23.1 Å². The molecule has 0 radical (unpaired) electrons. The highest BCUT2D eigenvalue weighted by Gasteiger charge is 2.23. The van der Waals surface area contributed by atoms with Crippen LogP contribution in [0.25, 0.3) is 0 Å². The number of aryl methyl sites for hydroxylation is 2. The molecule has 0 fully saturated rings. The van der Waals surface area contributed by atoms with Crippen molar-refractivity contribution in [1.82, 2.24) is 14.1 Å². The first-order valence-corrected chi connectivity index (χ1v) is 11.3. The average molecular weight is 422 g/mol. The fraction of sp³-hybridized carbons (Fsp3) is 0.500. The minimum atomic E-state index is -3.62. The summed E-state index contributed by atoms with van der Waals surface area (Å²) < 4.78 is 28.9. The molecule has 2 rings (SSSR count). The van der Waals surface area contributed by atoms with E-state index in [9.17, 15) is 13.2 Å². The van der Waals surface area contributed by atoms with E-state index in [1.54, 1.807) is 30.7 Å². The molecule has 0 aliphatic heterocycles. The van der Waals surface area contributed by atoms with Gasteiger partial charge >= 0.3 is 0 Å². The van der Waals surface area contributed by atoms with Crippen LogP contribution in [0.2, 0.25) is 0 Å². The van der Waals surface area contributed by atoms with E-state index in [0.717, 1.165) is 17.0 Å². The summed E-state index contributed by atoms with van der Waals surface area (Å²) in [5.74, 6) is -0.222. The lowest BCUT2D eigenvalue weighted by Crippen LogP contribution is -2.30. The van der Waals surface area contributed by atoms with E-state index in [0.29, 0.717) is 31.0 Å². The minimum absolute atomic E-state index is 0.159. The van der Waals surface area contributed by atoms with Crippen molar-refractivity contribution < 1.29 is 13.2 Å². The minimum Gasteiger partial charge on any atom is -0.384 e. The van der Waals surface area contributed by atoms with E-state index in [2.05, 4.69) is 15.7 Å². The van der Waals surface area contributed by atoms with E-state index in [4.69, 9.17) is 0 Å². The Kier molecular flexibility index (Phi) is 7.43. The van der Waals surface area contributed by atoms with Gasteiger partial charge in [-0.15, -0.1) is 0 Å². The summed E-state index contributed by atoms with van der Waals surface area (Å²) in [7, 11) is -1.78. The molecule has 29 heavy (non-hydrogen) atoms. The van der Waals surface area contributed by atoms with Gasteiger partial charge in [0.25, 0.3) is 0 Å². The van der Waals surface area contributed by atoms with Crippen LogP contribution in [0.3, 0.4) is 0 Å². The number of anilines is 2. The van der Waals surface area contributed by atoms with Crippen molar-refractivity contribution in [2.75, 3.05) is 30.3 Å². The second-order valence-electron chi connectivity index (χ2n) is 6.82. The monoisotopic (exact) mass is 421 g/mol. The quantitative estimate of drug-likeness (QED) is 0.649. The number of sulfonamides is 1. The summed E-state index contributed by atoms with van der Waals surface area (Å²) in [6, 6.07) is 4.78. The zero-order valence-corrected chi connectivity index (χ0v) is 18.9. The van der Waals surface area contributed by atoms with Crippen LogP contribution in [0.1, 0.15) is 37.7 Å². The molecule has 1 aromatic heterocycles. The Morgan fingerprint density at radius 3 is 2.31 bits per heavy atom. The number of benzene rings is 1. The number of rotatable bonds is 9. The van der Waals surface area contributed by atoms with Gasteiger partial charge in [-0.1, -0.05) is 13.8 Å². The molecule has 160 valence electrons. The normalized spacial score (nSPS) is 11.7. The van der Waals surface area contributed by atoms with Gasteiger partial charge < -0.3 is 10.6 Å². The molecule has 1 amide bonds. The Morgan fingerprint density at radius 1 is 1.14 bits per heavy atom. The second-order valence-corrected chi connectivity index (χ2v) is 8.76. The summed E-state index contributed by atoms with van der Waals surface area (Å²) in [5, 5.41) is 10.4. The van der Waals surface area contributed by atoms with Gasteiger partial charge in [-0.25, -0.2) is 8.42 Å². The number of nitrogens with one attached hydrogen (secondary N) is 2. The Morgan fingerprint density at radius 2 is 1.79 bits per heavy atom. The topological polar surface area (TPSA) is 96.3 Å². The van der Waals surface area contributed by atoms with Gasteiger partial charge in [-0.2, -0.15) is 9.40 Å². The number of hydrogen-bond donors (Lipinski definition) is 2. The number of aromatic nitrogens is 2. The lowest BCUT2D eigenvalue weighted by molar-refractivity contribution is -0.115. The molecule has 0 spiro atoms. The molecule has 0 saturated heterocycles. The number of nitrogens with zero attached hydrogens (tertiary/aromatic N) is 3. The van der Waals surface area contributed by atoms with Crippen molar-refractivity contribution in [3.05, 3.63) is 35.2 Å². The van der Waals surface area contributed by atoms with Gasteiger partial charge in [0.05, 0.1) is 28.4 Å². The fourth-order valence-electron chi connectivity index (χ4n) is 3.27. The summed E-state index contributed by atoms with van der Waals surface area (Å²) in [5.41, 5.74) is 3.75. The molecular weight excluding hydrogens is 390 g/mol. The molecule has 0 aliphatic rings. The highest BCUT2D eigenvalue weighted by atomic mass is 32.2. The molecule has 2 aromatic rings. The van der Waals surface area contributed by atoms with Crippen LogP contribution in [-0.2, 0) is 28.3 Å². The zero-order chi connectivity index (χ0) is 21.8. The molecular formula is C20H31N5O3S. The number of amides is 1. The van der Waals surface area contributed by atoms with Crippen LogP contribution >= 0.6 is 0 Å². The van der Waals surface area contributed by atoms with E-state index in [1.807, 2.05) is 27.8 Å². The zero-order valence-electron chi connectivity index (χ0n) is 18.0. The van der Waals surface area contributed by atoms with Crippen molar-refractivity contribution in [1.29, 1.82) is 0 Å². The smallest absolute Gasteiger partial charge is 0.243 e. The molecule has 0 unspecified atom stereocenters. The summed E-state index contributed by atoms with van der Waals surface area (Å²) in [4.78, 5) is 12.9. The number of carbonyl (C=O) groups excluding carboxylic acids is 1. The molecule has 1 aromatic carbocycles. The van der Waals surface area contributed by atoms with Crippen LogP contribution in [0.5, 0.6) is 0 Å². The highest BCUT2D eigenvalue weighted by Crippen LogP contribution is 2.27. The summed E-state index contributed by atoms with van der Waals surface area (Å²) >= 11 is 0. The predicted molar refractivity (Wildman–Crippen MR) is 116 cm³/mol. The lowest BCUT2D eigenvalue weighted by atomic mass is 10.1. The van der Waals surface area contributed by atoms with E-state index < -0.39 is 10.0 Å². The van der Waals surface area contributed by atoms with Gasteiger partial charge in [0.2, 0.25) is 15.9 Å². The molecule has 1 heterocycles. The summed E-state index contributed by atoms with van der Waals surface area (Å²) in [6.07, 6.45) is 0.171. The lowest BCUT2D eigenvalue weighted by Gasteiger charge is -2.20. The Bertz CT molecular complexity index is 978. The Balaban J connectivity index is 2.35. The van der Waals surface area contributed by atoms with Crippen LogP contribution in [-0.4, -0.2) is 48.0 Å². The van der Waals surface area contributed by atoms with E-state index in [1.165, 1.54) is 10.4 Å². The first-order valence-electron chi connectivity index (χ1n) is 9.82. The molecule has 0 saturated carbocycles. The second kappa shape index (κ2) is 9.41. The summed E-state index contributed by atoms with van der Waals surface area (Å²) in [6.45, 7) is 10.7. The predicted octanol–water partition coefficient (Wildman–Crippen LogP) is 2.68. The van der Waals surface area contributed by atoms with Gasteiger partial charge in [-0.3, -0.25) is 9.48 Å². The van der Waals surface area contributed by atoms with Crippen molar-refractivity contribution in [3.63, 3.8) is 0 Å². The van der Waals surface area contributed by atoms with Crippen LogP contribution in [0.4, 0.5) is 11.4 Å². The van der Waals surface area contributed by atoms with E-state index >= 15 is 0 Å². The van der Waals surface area contributed by atoms with Gasteiger partial charge in [0.15, 0.2) is 0 Å². The molecule has 0 atom stereocenters. The maximum Gasteiger partial charge on any atom is 0.243 e. The molecule has 2 N–H and O–H groups in total. The largest absolute Gasteiger partial charge is 0.384 e. The van der Waals surface area contributed by atoms with Crippen LogP contribution in [0, 0.1) is 13.8 Å². The standard InChI is InChI=1S/C20H31N5O3S/c1-7-21-18-11-10-16(29(27,28)25(8-2)9-3)12-19(18)22-20(26)13-17-14(4)23-24(6)15(17)5/h10-12,21H,7-9,13H2,1-6H3,(H,22,26). The molecule has 0 aliphatic carbocycles. The Labute approximate surface area is 173 Å². The molecule has 9 heteroatoms. The first-order chi connectivity index (χ1) is 13.6. The SMILES string of the molecule is CCNc1ccc(S(=O)(=O)N(CC)CC)cc1NC(=O)Cc1c(C)nn(C)c1C. The maximum atomic E-state index is 12.9. The van der Waals surface area contributed by atoms with Gasteiger partial charge in [0.1, 0.15) is 0 Å². The van der Waals surface area contributed by atoms with Crippen molar-refractivity contribution >= 4 is 27.3 Å². The maximum absolute atomic E-state index is 12.9. The fourth-order valence-corrected chi connectivity index (χ4v) is 4.76.